The van der Waals surface area contributed by atoms with Crippen LogP contribution in [0.1, 0.15) is 39.5 Å². The normalized spacial score (nSPS) is 12.2. The summed E-state index contributed by atoms with van der Waals surface area (Å²) in [6.45, 7) is 8.18. The van der Waals surface area contributed by atoms with E-state index in [1.54, 1.807) is 6.92 Å². The van der Waals surface area contributed by atoms with Gasteiger partial charge in [-0.3, -0.25) is 0 Å². The van der Waals surface area contributed by atoms with Gasteiger partial charge in [-0.05, 0) is 26.7 Å². The van der Waals surface area contributed by atoms with Crippen LogP contribution in [0.25, 0.3) is 0 Å². The molecule has 4 nitrogen and oxygen atoms in total. The summed E-state index contributed by atoms with van der Waals surface area (Å²) in [5.74, 6) is -0.372. The number of rotatable bonds is 10. The highest BCUT2D eigenvalue weighted by Crippen LogP contribution is 2.02. The summed E-state index contributed by atoms with van der Waals surface area (Å²) in [5, 5.41) is 8.59. The molecule has 1 atom stereocenters. The van der Waals surface area contributed by atoms with Gasteiger partial charge in [-0.2, -0.15) is 0 Å². The molecule has 100 valence electrons. The number of aliphatic hydroxyl groups is 1. The van der Waals surface area contributed by atoms with Crippen LogP contribution in [0, 0.1) is 0 Å². The number of unbranched alkanes of at least 4 members (excludes halogenated alkanes) is 3. The maximum absolute atomic E-state index is 11.1. The number of hydrogen-bond donors (Lipinski definition) is 1. The number of carbonyl (C=O) groups is 1. The van der Waals surface area contributed by atoms with Crippen LogP contribution in [0.15, 0.2) is 12.2 Å². The molecule has 1 unspecified atom stereocenters. The molecular formula is C13H24O4. The number of hydrogen-bond acceptors (Lipinski definition) is 4. The van der Waals surface area contributed by atoms with Crippen LogP contribution < -0.4 is 0 Å². The Morgan fingerprint density at radius 1 is 1.29 bits per heavy atom. The van der Waals surface area contributed by atoms with Crippen molar-refractivity contribution < 1.29 is 19.4 Å². The van der Waals surface area contributed by atoms with E-state index in [1.807, 2.05) is 6.92 Å². The minimum absolute atomic E-state index is 0.0869. The molecule has 0 aromatic rings. The first-order chi connectivity index (χ1) is 8.07. The van der Waals surface area contributed by atoms with Gasteiger partial charge in [0.1, 0.15) is 6.61 Å². The van der Waals surface area contributed by atoms with Gasteiger partial charge < -0.3 is 14.6 Å². The van der Waals surface area contributed by atoms with E-state index in [0.717, 1.165) is 25.7 Å². The molecule has 4 heteroatoms. The SMILES string of the molecule is C=C(C)C(=O)OCC(C)OCCCCCCO. The Balaban J connectivity index is 3.37. The number of aliphatic hydroxyl groups excluding tert-OH is 1. The smallest absolute Gasteiger partial charge is 0.333 e. The zero-order chi connectivity index (χ0) is 13.1. The molecule has 0 aromatic heterocycles. The van der Waals surface area contributed by atoms with E-state index in [4.69, 9.17) is 14.6 Å². The van der Waals surface area contributed by atoms with E-state index in [2.05, 4.69) is 6.58 Å². The fourth-order valence-corrected chi connectivity index (χ4v) is 1.22. The summed E-state index contributed by atoms with van der Waals surface area (Å²) in [5.41, 5.74) is 0.404. The van der Waals surface area contributed by atoms with Crippen molar-refractivity contribution in [1.29, 1.82) is 0 Å². The molecule has 0 heterocycles. The average molecular weight is 244 g/mol. The Morgan fingerprint density at radius 2 is 1.94 bits per heavy atom. The number of carbonyl (C=O) groups excluding carboxylic acids is 1. The molecule has 0 aliphatic carbocycles. The third kappa shape index (κ3) is 10.0. The van der Waals surface area contributed by atoms with Crippen LogP contribution in [0.3, 0.4) is 0 Å². The summed E-state index contributed by atoms with van der Waals surface area (Å²) in [6, 6.07) is 0. The van der Waals surface area contributed by atoms with Crippen LogP contribution in [-0.4, -0.2) is 37.0 Å². The van der Waals surface area contributed by atoms with Crippen LogP contribution in [0.5, 0.6) is 0 Å². The Hall–Kier alpha value is -0.870. The first-order valence-corrected chi connectivity index (χ1v) is 6.13. The predicted octanol–water partition coefficient (Wildman–Crippen LogP) is 2.06. The molecule has 1 N–H and O–H groups in total. The highest BCUT2D eigenvalue weighted by Gasteiger charge is 2.07. The summed E-state index contributed by atoms with van der Waals surface area (Å²) in [4.78, 5) is 11.1. The van der Waals surface area contributed by atoms with Gasteiger partial charge in [0, 0.05) is 18.8 Å². The van der Waals surface area contributed by atoms with E-state index in [1.165, 1.54) is 0 Å². The number of ether oxygens (including phenoxy) is 2. The molecule has 0 saturated heterocycles. The molecule has 0 bridgehead atoms. The van der Waals surface area contributed by atoms with Crippen molar-refractivity contribution in [2.24, 2.45) is 0 Å². The van der Waals surface area contributed by atoms with Crippen LogP contribution >= 0.6 is 0 Å². The molecular weight excluding hydrogens is 220 g/mol. The summed E-state index contributed by atoms with van der Waals surface area (Å²) in [6.07, 6.45) is 3.82. The predicted molar refractivity (Wildman–Crippen MR) is 66.7 cm³/mol. The van der Waals surface area contributed by atoms with Gasteiger partial charge in [-0.15, -0.1) is 0 Å². The lowest BCUT2D eigenvalue weighted by Crippen LogP contribution is -2.19. The fourth-order valence-electron chi connectivity index (χ4n) is 1.22. The molecule has 0 amide bonds. The van der Waals surface area contributed by atoms with Gasteiger partial charge in [-0.1, -0.05) is 19.4 Å². The first kappa shape index (κ1) is 16.1. The van der Waals surface area contributed by atoms with Crippen molar-refractivity contribution in [1.82, 2.24) is 0 Å². The number of esters is 1. The lowest BCUT2D eigenvalue weighted by atomic mass is 10.2. The third-order valence-corrected chi connectivity index (χ3v) is 2.25. The van der Waals surface area contributed by atoms with Gasteiger partial charge >= 0.3 is 5.97 Å². The molecule has 0 saturated carbocycles. The largest absolute Gasteiger partial charge is 0.460 e. The molecule has 0 spiro atoms. The van der Waals surface area contributed by atoms with E-state index in [9.17, 15) is 4.79 Å². The van der Waals surface area contributed by atoms with Crippen molar-refractivity contribution in [2.75, 3.05) is 19.8 Å². The van der Waals surface area contributed by atoms with E-state index in [0.29, 0.717) is 12.2 Å². The third-order valence-electron chi connectivity index (χ3n) is 2.25. The highest BCUT2D eigenvalue weighted by molar-refractivity contribution is 5.86. The van der Waals surface area contributed by atoms with Crippen molar-refractivity contribution in [3.8, 4) is 0 Å². The molecule has 0 radical (unpaired) electrons. The Morgan fingerprint density at radius 3 is 2.53 bits per heavy atom. The lowest BCUT2D eigenvalue weighted by molar-refractivity contribution is -0.142. The second-order valence-corrected chi connectivity index (χ2v) is 4.20. The second-order valence-electron chi connectivity index (χ2n) is 4.20. The van der Waals surface area contributed by atoms with Gasteiger partial charge in [0.05, 0.1) is 6.10 Å². The van der Waals surface area contributed by atoms with Crippen LogP contribution in [0.4, 0.5) is 0 Å². The van der Waals surface area contributed by atoms with Gasteiger partial charge in [0.15, 0.2) is 0 Å². The molecule has 0 aliphatic rings. The minimum atomic E-state index is -0.372. The lowest BCUT2D eigenvalue weighted by Gasteiger charge is -2.13. The summed E-state index contributed by atoms with van der Waals surface area (Å²) < 4.78 is 10.4. The summed E-state index contributed by atoms with van der Waals surface area (Å²) in [7, 11) is 0. The quantitative estimate of drug-likeness (QED) is 0.363. The average Bonchev–Trinajstić information content (AvgIpc) is 2.30. The maximum atomic E-state index is 11.1. The Labute approximate surface area is 104 Å². The minimum Gasteiger partial charge on any atom is -0.460 e. The van der Waals surface area contributed by atoms with Crippen molar-refractivity contribution in [3.63, 3.8) is 0 Å². The standard InChI is InChI=1S/C13H24O4/c1-11(2)13(15)17-10-12(3)16-9-7-5-4-6-8-14/h12,14H,1,4-10H2,2-3H3. The topological polar surface area (TPSA) is 55.8 Å². The van der Waals surface area contributed by atoms with E-state index >= 15 is 0 Å². The maximum Gasteiger partial charge on any atom is 0.333 e. The van der Waals surface area contributed by atoms with Gasteiger partial charge in [-0.25, -0.2) is 4.79 Å². The van der Waals surface area contributed by atoms with Crippen LogP contribution in [0.2, 0.25) is 0 Å². The van der Waals surface area contributed by atoms with E-state index in [-0.39, 0.29) is 25.3 Å². The molecule has 0 aliphatic heterocycles. The van der Waals surface area contributed by atoms with E-state index < -0.39 is 0 Å². The first-order valence-electron chi connectivity index (χ1n) is 6.13. The molecule has 0 fully saturated rings. The van der Waals surface area contributed by atoms with Gasteiger partial charge in [0.25, 0.3) is 0 Å². The molecule has 0 aromatic carbocycles. The zero-order valence-electron chi connectivity index (χ0n) is 10.9. The van der Waals surface area contributed by atoms with Crippen LogP contribution in [-0.2, 0) is 14.3 Å². The van der Waals surface area contributed by atoms with Crippen molar-refractivity contribution in [2.45, 2.75) is 45.6 Å². The molecule has 17 heavy (non-hydrogen) atoms. The van der Waals surface area contributed by atoms with Crippen molar-refractivity contribution >= 4 is 5.97 Å². The highest BCUT2D eigenvalue weighted by atomic mass is 16.6. The van der Waals surface area contributed by atoms with Gasteiger partial charge in [0.2, 0.25) is 0 Å². The Bertz CT molecular complexity index is 225. The molecule has 0 rings (SSSR count). The fraction of sp³-hybridized carbons (Fsp3) is 0.769. The van der Waals surface area contributed by atoms with Crippen molar-refractivity contribution in [3.05, 3.63) is 12.2 Å². The zero-order valence-corrected chi connectivity index (χ0v) is 10.9. The monoisotopic (exact) mass is 244 g/mol. The Kier molecular flexibility index (Phi) is 9.77. The second kappa shape index (κ2) is 10.3. The summed E-state index contributed by atoms with van der Waals surface area (Å²) >= 11 is 0.